The molecule has 1 aromatic heterocycles. The molecule has 1 aliphatic heterocycles. The van der Waals surface area contributed by atoms with Crippen molar-refractivity contribution in [2.75, 3.05) is 0 Å². The van der Waals surface area contributed by atoms with Gasteiger partial charge in [0.1, 0.15) is 17.0 Å². The third-order valence-corrected chi connectivity index (χ3v) is 4.56. The summed E-state index contributed by atoms with van der Waals surface area (Å²) in [7, 11) is 0. The van der Waals surface area contributed by atoms with E-state index in [1.54, 1.807) is 0 Å². The van der Waals surface area contributed by atoms with Crippen molar-refractivity contribution in [1.29, 1.82) is 0 Å². The predicted octanol–water partition coefficient (Wildman–Crippen LogP) is 3.87. The van der Waals surface area contributed by atoms with E-state index in [0.717, 1.165) is 42.0 Å². The van der Waals surface area contributed by atoms with Crippen molar-refractivity contribution >= 4 is 0 Å². The van der Waals surface area contributed by atoms with E-state index in [1.165, 1.54) is 18.4 Å². The number of ether oxygens (including phenoxy) is 1. The molecule has 1 aliphatic carbocycles. The van der Waals surface area contributed by atoms with E-state index >= 15 is 0 Å². The summed E-state index contributed by atoms with van der Waals surface area (Å²) >= 11 is 0. The van der Waals surface area contributed by atoms with Crippen molar-refractivity contribution in [1.82, 2.24) is 10.2 Å². The van der Waals surface area contributed by atoms with Gasteiger partial charge in [-0.3, -0.25) is 0 Å². The van der Waals surface area contributed by atoms with Gasteiger partial charge in [-0.25, -0.2) is 0 Å². The lowest BCUT2D eigenvalue weighted by atomic mass is 9.85. The summed E-state index contributed by atoms with van der Waals surface area (Å²) in [6, 6.07) is 10.4. The van der Waals surface area contributed by atoms with Crippen LogP contribution in [-0.2, 0) is 12.0 Å². The van der Waals surface area contributed by atoms with Gasteiger partial charge in [0.25, 0.3) is 0 Å². The molecule has 2 aromatic rings. The Morgan fingerprint density at radius 3 is 2.75 bits per heavy atom. The Labute approximate surface area is 119 Å². The molecule has 0 N–H and O–H groups in total. The maximum absolute atomic E-state index is 6.44. The standard InChI is InChI=1S/C17H18N2O/c1-2-12-11-14-16(19-18-12)13-7-3-4-8-15(13)20-17(14)9-5-6-10-17/h3-4,7-8,11H,2,5-6,9-10H2,1H3. The van der Waals surface area contributed by atoms with E-state index in [4.69, 9.17) is 4.74 Å². The first-order chi connectivity index (χ1) is 9.82. The SMILES string of the molecule is CCc1cc2c(nn1)-c1ccccc1OC21CCCC1. The zero-order chi connectivity index (χ0) is 13.6. The molecule has 20 heavy (non-hydrogen) atoms. The van der Waals surface area contributed by atoms with Gasteiger partial charge in [-0.15, -0.1) is 5.10 Å². The lowest BCUT2D eigenvalue weighted by Gasteiger charge is -2.36. The topological polar surface area (TPSA) is 35.0 Å². The number of benzene rings is 1. The molecule has 0 saturated heterocycles. The van der Waals surface area contributed by atoms with Gasteiger partial charge in [0.15, 0.2) is 0 Å². The summed E-state index contributed by atoms with van der Waals surface area (Å²) in [5.74, 6) is 0.959. The van der Waals surface area contributed by atoms with E-state index < -0.39 is 0 Å². The van der Waals surface area contributed by atoms with Crippen LogP contribution in [0.3, 0.4) is 0 Å². The largest absolute Gasteiger partial charge is 0.482 e. The summed E-state index contributed by atoms with van der Waals surface area (Å²) < 4.78 is 6.44. The molecule has 2 aliphatic rings. The number of aryl methyl sites for hydroxylation is 1. The van der Waals surface area contributed by atoms with Crippen molar-refractivity contribution in [2.45, 2.75) is 44.6 Å². The summed E-state index contributed by atoms with van der Waals surface area (Å²) in [6.07, 6.45) is 5.54. The van der Waals surface area contributed by atoms with E-state index in [0.29, 0.717) is 0 Å². The van der Waals surface area contributed by atoms with Gasteiger partial charge in [-0.1, -0.05) is 19.1 Å². The number of rotatable bonds is 1. The van der Waals surface area contributed by atoms with Crippen LogP contribution in [0.1, 0.15) is 43.9 Å². The van der Waals surface area contributed by atoms with E-state index in [9.17, 15) is 0 Å². The highest BCUT2D eigenvalue weighted by atomic mass is 16.5. The fourth-order valence-electron chi connectivity index (χ4n) is 3.49. The molecular weight excluding hydrogens is 248 g/mol. The summed E-state index contributed by atoms with van der Waals surface area (Å²) in [5.41, 5.74) is 4.24. The van der Waals surface area contributed by atoms with Crippen LogP contribution in [0.4, 0.5) is 0 Å². The van der Waals surface area contributed by atoms with Crippen molar-refractivity contribution in [3.63, 3.8) is 0 Å². The highest BCUT2D eigenvalue weighted by Gasteiger charge is 2.44. The van der Waals surface area contributed by atoms with Crippen LogP contribution < -0.4 is 4.74 Å². The minimum Gasteiger partial charge on any atom is -0.482 e. The fraction of sp³-hybridized carbons (Fsp3) is 0.412. The highest BCUT2D eigenvalue weighted by molar-refractivity contribution is 5.73. The lowest BCUT2D eigenvalue weighted by molar-refractivity contribution is 0.0703. The third kappa shape index (κ3) is 1.59. The van der Waals surface area contributed by atoms with Crippen molar-refractivity contribution in [2.24, 2.45) is 0 Å². The number of fused-ring (bicyclic) bond motifs is 4. The van der Waals surface area contributed by atoms with Crippen LogP contribution in [0.15, 0.2) is 30.3 Å². The maximum Gasteiger partial charge on any atom is 0.136 e. The lowest BCUT2D eigenvalue weighted by Crippen LogP contribution is -2.34. The second kappa shape index (κ2) is 4.30. The number of aromatic nitrogens is 2. The Kier molecular flexibility index (Phi) is 2.56. The first-order valence-electron chi connectivity index (χ1n) is 7.48. The monoisotopic (exact) mass is 266 g/mol. The van der Waals surface area contributed by atoms with Gasteiger partial charge in [0.2, 0.25) is 0 Å². The minimum atomic E-state index is -0.163. The zero-order valence-electron chi connectivity index (χ0n) is 11.7. The number of nitrogens with zero attached hydrogens (tertiary/aromatic N) is 2. The van der Waals surface area contributed by atoms with Gasteiger partial charge in [-0.2, -0.15) is 5.10 Å². The second-order valence-corrected chi connectivity index (χ2v) is 5.75. The van der Waals surface area contributed by atoms with Crippen LogP contribution in [0.5, 0.6) is 5.75 Å². The average Bonchev–Trinajstić information content (AvgIpc) is 2.96. The van der Waals surface area contributed by atoms with Crippen LogP contribution in [0, 0.1) is 0 Å². The minimum absolute atomic E-state index is 0.163. The van der Waals surface area contributed by atoms with Crippen LogP contribution >= 0.6 is 0 Å². The molecule has 3 nitrogen and oxygen atoms in total. The first-order valence-corrected chi connectivity index (χ1v) is 7.48. The molecule has 0 atom stereocenters. The molecular formula is C17H18N2O. The molecule has 102 valence electrons. The molecule has 1 saturated carbocycles. The molecule has 0 bridgehead atoms. The Hall–Kier alpha value is -1.90. The molecule has 4 rings (SSSR count). The van der Waals surface area contributed by atoms with E-state index in [1.807, 2.05) is 18.2 Å². The molecule has 0 radical (unpaired) electrons. The Morgan fingerprint density at radius 1 is 1.15 bits per heavy atom. The second-order valence-electron chi connectivity index (χ2n) is 5.75. The van der Waals surface area contributed by atoms with Crippen molar-refractivity contribution in [3.8, 4) is 17.0 Å². The quantitative estimate of drug-likeness (QED) is 0.786. The van der Waals surface area contributed by atoms with Gasteiger partial charge < -0.3 is 4.74 Å². The van der Waals surface area contributed by atoms with Gasteiger partial charge in [-0.05, 0) is 50.3 Å². The third-order valence-electron chi connectivity index (χ3n) is 4.56. The van der Waals surface area contributed by atoms with Gasteiger partial charge >= 0.3 is 0 Å². The van der Waals surface area contributed by atoms with Crippen LogP contribution in [-0.4, -0.2) is 10.2 Å². The fourth-order valence-corrected chi connectivity index (χ4v) is 3.49. The molecule has 0 amide bonds. The number of para-hydroxylation sites is 1. The smallest absolute Gasteiger partial charge is 0.136 e. The predicted molar refractivity (Wildman–Crippen MR) is 77.6 cm³/mol. The number of hydrogen-bond acceptors (Lipinski definition) is 3. The molecule has 1 aromatic carbocycles. The molecule has 3 heteroatoms. The summed E-state index contributed by atoms with van der Waals surface area (Å²) in [4.78, 5) is 0. The van der Waals surface area contributed by atoms with E-state index in [-0.39, 0.29) is 5.60 Å². The van der Waals surface area contributed by atoms with E-state index in [2.05, 4.69) is 29.3 Å². The number of hydrogen-bond donors (Lipinski definition) is 0. The average molecular weight is 266 g/mol. The Bertz CT molecular complexity index is 660. The van der Waals surface area contributed by atoms with Gasteiger partial charge in [0.05, 0.1) is 5.69 Å². The maximum atomic E-state index is 6.44. The Balaban J connectivity index is 1.98. The summed E-state index contributed by atoms with van der Waals surface area (Å²) in [5, 5.41) is 8.88. The molecule has 1 spiro atoms. The zero-order valence-corrected chi connectivity index (χ0v) is 11.7. The van der Waals surface area contributed by atoms with Crippen molar-refractivity contribution in [3.05, 3.63) is 41.6 Å². The van der Waals surface area contributed by atoms with Crippen LogP contribution in [0.25, 0.3) is 11.3 Å². The Morgan fingerprint density at radius 2 is 1.95 bits per heavy atom. The normalized spacial score (nSPS) is 18.4. The molecule has 1 fully saturated rings. The highest BCUT2D eigenvalue weighted by Crippen LogP contribution is 2.51. The van der Waals surface area contributed by atoms with Crippen molar-refractivity contribution < 1.29 is 4.74 Å². The van der Waals surface area contributed by atoms with Crippen LogP contribution in [0.2, 0.25) is 0 Å². The first kappa shape index (κ1) is 11.9. The molecule has 0 unspecified atom stereocenters. The van der Waals surface area contributed by atoms with Gasteiger partial charge in [0, 0.05) is 11.1 Å². The summed E-state index contributed by atoms with van der Waals surface area (Å²) in [6.45, 7) is 2.12. The molecule has 2 heterocycles.